The minimum atomic E-state index is -0.479. The average Bonchev–Trinajstić information content (AvgIpc) is 2.26. The third kappa shape index (κ3) is 3.88. The molecule has 4 heteroatoms. The molecule has 2 N–H and O–H groups in total. The molecule has 0 saturated heterocycles. The highest BCUT2D eigenvalue weighted by Crippen LogP contribution is 2.17. The van der Waals surface area contributed by atoms with Gasteiger partial charge in [0.2, 0.25) is 0 Å². The number of halogens is 1. The predicted molar refractivity (Wildman–Crippen MR) is 62.9 cm³/mol. The maximum Gasteiger partial charge on any atom is 0.123 e. The van der Waals surface area contributed by atoms with E-state index in [-0.39, 0.29) is 12.6 Å². The topological polar surface area (TPSA) is 45.1 Å². The Labute approximate surface area is 95.1 Å². The Morgan fingerprint density at radius 1 is 1.44 bits per heavy atom. The van der Waals surface area contributed by atoms with Crippen LogP contribution >= 0.6 is 0 Å². The molecule has 1 aromatic carbocycles. The van der Waals surface area contributed by atoms with Crippen LogP contribution in [-0.2, 0) is 0 Å². The van der Waals surface area contributed by atoms with Crippen molar-refractivity contribution in [3.05, 3.63) is 29.8 Å². The molecule has 0 spiro atoms. The summed E-state index contributed by atoms with van der Waals surface area (Å²) in [5.41, 5.74) is 1.07. The summed E-state index contributed by atoms with van der Waals surface area (Å²) in [6.45, 7) is 3.30. The van der Waals surface area contributed by atoms with E-state index in [0.29, 0.717) is 11.6 Å². The molecule has 1 aromatic rings. The Kier molecular flexibility index (Phi) is 4.76. The molecule has 0 aromatic heterocycles. The summed E-state index contributed by atoms with van der Waals surface area (Å²) < 4.78 is 17.0. The quantitative estimate of drug-likeness (QED) is 0.596. The second-order valence-corrected chi connectivity index (χ2v) is 3.60. The SMILES string of the molecule is CC(=N)NC(C)c1ccc(OCCF)cc1. The monoisotopic (exact) mass is 224 g/mol. The van der Waals surface area contributed by atoms with Crippen molar-refractivity contribution < 1.29 is 9.13 Å². The number of ether oxygens (including phenoxy) is 1. The average molecular weight is 224 g/mol. The number of benzene rings is 1. The molecule has 0 saturated carbocycles. The highest BCUT2D eigenvalue weighted by atomic mass is 19.1. The molecule has 0 aliphatic rings. The normalized spacial score (nSPS) is 11.9. The summed E-state index contributed by atoms with van der Waals surface area (Å²) in [7, 11) is 0. The summed E-state index contributed by atoms with van der Waals surface area (Å²) in [4.78, 5) is 0. The number of hydrogen-bond acceptors (Lipinski definition) is 2. The van der Waals surface area contributed by atoms with Crippen LogP contribution < -0.4 is 10.1 Å². The Bertz CT molecular complexity index is 337. The van der Waals surface area contributed by atoms with Crippen molar-refractivity contribution >= 4 is 5.84 Å². The van der Waals surface area contributed by atoms with Crippen LogP contribution in [0.2, 0.25) is 0 Å². The van der Waals surface area contributed by atoms with Crippen LogP contribution in [0.3, 0.4) is 0 Å². The van der Waals surface area contributed by atoms with Crippen LogP contribution in [0.1, 0.15) is 25.5 Å². The van der Waals surface area contributed by atoms with E-state index in [1.165, 1.54) is 0 Å². The van der Waals surface area contributed by atoms with Gasteiger partial charge in [-0.1, -0.05) is 12.1 Å². The molecule has 0 bridgehead atoms. The van der Waals surface area contributed by atoms with Gasteiger partial charge in [0.1, 0.15) is 19.0 Å². The molecular weight excluding hydrogens is 207 g/mol. The summed E-state index contributed by atoms with van der Waals surface area (Å²) in [6, 6.07) is 7.53. The fraction of sp³-hybridized carbons (Fsp3) is 0.417. The lowest BCUT2D eigenvalue weighted by atomic mass is 10.1. The maximum absolute atomic E-state index is 11.9. The number of rotatable bonds is 5. The zero-order valence-electron chi connectivity index (χ0n) is 9.59. The van der Waals surface area contributed by atoms with E-state index in [0.717, 1.165) is 5.56 Å². The van der Waals surface area contributed by atoms with Crippen LogP contribution in [0.4, 0.5) is 4.39 Å². The van der Waals surface area contributed by atoms with E-state index < -0.39 is 6.67 Å². The van der Waals surface area contributed by atoms with Crippen LogP contribution in [0.25, 0.3) is 0 Å². The van der Waals surface area contributed by atoms with Crippen molar-refractivity contribution in [2.45, 2.75) is 19.9 Å². The summed E-state index contributed by atoms with van der Waals surface area (Å²) in [5.74, 6) is 1.10. The predicted octanol–water partition coefficient (Wildman–Crippen LogP) is 2.68. The van der Waals surface area contributed by atoms with Crippen LogP contribution in [0.15, 0.2) is 24.3 Å². The standard InChI is InChI=1S/C12H17FN2O/c1-9(15-10(2)14)11-3-5-12(6-4-11)16-8-7-13/h3-6,9H,7-8H2,1-2H3,(H2,14,15). The zero-order chi connectivity index (χ0) is 12.0. The van der Waals surface area contributed by atoms with E-state index in [1.807, 2.05) is 31.2 Å². The molecule has 88 valence electrons. The number of nitrogens with one attached hydrogen (secondary N) is 2. The van der Waals surface area contributed by atoms with Gasteiger partial charge in [0.15, 0.2) is 0 Å². The lowest BCUT2D eigenvalue weighted by molar-refractivity contribution is 0.273. The first-order valence-electron chi connectivity index (χ1n) is 5.24. The van der Waals surface area contributed by atoms with Gasteiger partial charge in [-0.05, 0) is 31.5 Å². The van der Waals surface area contributed by atoms with Gasteiger partial charge in [-0.3, -0.25) is 5.41 Å². The van der Waals surface area contributed by atoms with Crippen molar-refractivity contribution in [2.75, 3.05) is 13.3 Å². The Balaban J connectivity index is 2.59. The third-order valence-corrected chi connectivity index (χ3v) is 2.16. The van der Waals surface area contributed by atoms with Crippen molar-refractivity contribution in [3.63, 3.8) is 0 Å². The molecule has 0 aliphatic carbocycles. The maximum atomic E-state index is 11.9. The van der Waals surface area contributed by atoms with Gasteiger partial charge in [-0.15, -0.1) is 0 Å². The fourth-order valence-corrected chi connectivity index (χ4v) is 1.42. The molecule has 0 fully saturated rings. The van der Waals surface area contributed by atoms with Crippen molar-refractivity contribution in [1.29, 1.82) is 5.41 Å². The summed E-state index contributed by atoms with van der Waals surface area (Å²) in [6.07, 6.45) is 0. The Hall–Kier alpha value is -1.58. The van der Waals surface area contributed by atoms with Crippen molar-refractivity contribution in [1.82, 2.24) is 5.32 Å². The van der Waals surface area contributed by atoms with E-state index >= 15 is 0 Å². The molecular formula is C12H17FN2O. The summed E-state index contributed by atoms with van der Waals surface area (Å²) >= 11 is 0. The number of amidine groups is 1. The van der Waals surface area contributed by atoms with Gasteiger partial charge in [-0.25, -0.2) is 4.39 Å². The van der Waals surface area contributed by atoms with Crippen molar-refractivity contribution in [2.24, 2.45) is 0 Å². The number of alkyl halides is 1. The molecule has 1 rings (SSSR count). The van der Waals surface area contributed by atoms with Crippen molar-refractivity contribution in [3.8, 4) is 5.75 Å². The van der Waals surface area contributed by atoms with Crippen LogP contribution in [0, 0.1) is 5.41 Å². The van der Waals surface area contributed by atoms with E-state index in [1.54, 1.807) is 6.92 Å². The first kappa shape index (κ1) is 12.5. The van der Waals surface area contributed by atoms with E-state index in [2.05, 4.69) is 5.32 Å². The molecule has 0 amide bonds. The second-order valence-electron chi connectivity index (χ2n) is 3.60. The van der Waals surface area contributed by atoms with E-state index in [4.69, 9.17) is 10.1 Å². The van der Waals surface area contributed by atoms with Crippen LogP contribution in [-0.4, -0.2) is 19.1 Å². The first-order valence-corrected chi connectivity index (χ1v) is 5.24. The smallest absolute Gasteiger partial charge is 0.123 e. The minimum absolute atomic E-state index is 0.0900. The Morgan fingerprint density at radius 2 is 2.06 bits per heavy atom. The third-order valence-electron chi connectivity index (χ3n) is 2.16. The lowest BCUT2D eigenvalue weighted by Gasteiger charge is -2.14. The molecule has 1 unspecified atom stereocenters. The molecule has 3 nitrogen and oxygen atoms in total. The largest absolute Gasteiger partial charge is 0.491 e. The van der Waals surface area contributed by atoms with Gasteiger partial charge in [0, 0.05) is 6.04 Å². The summed E-state index contributed by atoms with van der Waals surface area (Å²) in [5, 5.41) is 10.3. The molecule has 0 heterocycles. The van der Waals surface area contributed by atoms with Gasteiger partial charge in [0.05, 0.1) is 5.84 Å². The van der Waals surface area contributed by atoms with Gasteiger partial charge in [0.25, 0.3) is 0 Å². The minimum Gasteiger partial charge on any atom is -0.491 e. The van der Waals surface area contributed by atoms with Gasteiger partial charge >= 0.3 is 0 Å². The van der Waals surface area contributed by atoms with Gasteiger partial charge in [-0.2, -0.15) is 0 Å². The highest BCUT2D eigenvalue weighted by Gasteiger charge is 2.04. The fourth-order valence-electron chi connectivity index (χ4n) is 1.42. The molecule has 0 radical (unpaired) electrons. The molecule has 0 aliphatic heterocycles. The first-order chi connectivity index (χ1) is 7.63. The highest BCUT2D eigenvalue weighted by molar-refractivity contribution is 5.76. The molecule has 1 atom stereocenters. The van der Waals surface area contributed by atoms with Crippen LogP contribution in [0.5, 0.6) is 5.75 Å². The number of hydrogen-bond donors (Lipinski definition) is 2. The Morgan fingerprint density at radius 3 is 2.56 bits per heavy atom. The zero-order valence-corrected chi connectivity index (χ0v) is 9.59. The van der Waals surface area contributed by atoms with Gasteiger partial charge < -0.3 is 10.1 Å². The second kappa shape index (κ2) is 6.10. The van der Waals surface area contributed by atoms with E-state index in [9.17, 15) is 4.39 Å². The lowest BCUT2D eigenvalue weighted by Crippen LogP contribution is -2.22. The molecule has 16 heavy (non-hydrogen) atoms.